The summed E-state index contributed by atoms with van der Waals surface area (Å²) in [5.74, 6) is 0.770. The zero-order valence-corrected chi connectivity index (χ0v) is 15.1. The number of ether oxygens (including phenoxy) is 1. The van der Waals surface area contributed by atoms with Crippen molar-refractivity contribution in [2.45, 2.75) is 31.0 Å². The van der Waals surface area contributed by atoms with Gasteiger partial charge in [-0.3, -0.25) is 0 Å². The molecule has 0 heterocycles. The molecule has 2 aromatic rings. The Morgan fingerprint density at radius 2 is 1.67 bits per heavy atom. The lowest BCUT2D eigenvalue weighted by Gasteiger charge is -2.20. The van der Waals surface area contributed by atoms with E-state index in [-0.39, 0.29) is 10.2 Å². The van der Waals surface area contributed by atoms with Crippen LogP contribution in [0, 0.1) is 0 Å². The van der Waals surface area contributed by atoms with Crippen molar-refractivity contribution in [1.82, 2.24) is 0 Å². The van der Waals surface area contributed by atoms with Crippen LogP contribution in [0.5, 0.6) is 5.75 Å². The van der Waals surface area contributed by atoms with Gasteiger partial charge in [0.1, 0.15) is 5.75 Å². The molecule has 1 atom stereocenters. The number of halogens is 2. The van der Waals surface area contributed by atoms with Crippen molar-refractivity contribution < 1.29 is 4.74 Å². The Morgan fingerprint density at radius 1 is 1.05 bits per heavy atom. The predicted molar refractivity (Wildman–Crippen MR) is 93.9 cm³/mol. The Hall–Kier alpha value is -0.990. The van der Waals surface area contributed by atoms with Crippen LogP contribution >= 0.6 is 27.5 Å². The third-order valence-electron chi connectivity index (χ3n) is 3.55. The number of alkyl halides is 1. The summed E-state index contributed by atoms with van der Waals surface area (Å²) < 4.78 is 5.19. The monoisotopic (exact) mass is 366 g/mol. The van der Waals surface area contributed by atoms with Gasteiger partial charge in [0.2, 0.25) is 0 Å². The van der Waals surface area contributed by atoms with Crippen LogP contribution in [0.25, 0.3) is 0 Å². The lowest BCUT2D eigenvalue weighted by Crippen LogP contribution is -2.10. The fraction of sp³-hybridized carbons (Fsp3) is 0.333. The zero-order chi connectivity index (χ0) is 15.6. The number of rotatable bonds is 3. The first-order valence-corrected chi connectivity index (χ1v) is 8.20. The summed E-state index contributed by atoms with van der Waals surface area (Å²) in [7, 11) is 1.64. The van der Waals surface area contributed by atoms with E-state index in [9.17, 15) is 0 Å². The van der Waals surface area contributed by atoms with Crippen LogP contribution in [0.15, 0.2) is 42.5 Å². The van der Waals surface area contributed by atoms with Crippen molar-refractivity contribution >= 4 is 27.5 Å². The molecule has 2 aromatic carbocycles. The van der Waals surface area contributed by atoms with E-state index in [1.807, 2.05) is 18.2 Å². The molecule has 21 heavy (non-hydrogen) atoms. The third kappa shape index (κ3) is 3.81. The predicted octanol–water partition coefficient (Wildman–Crippen LogP) is 6.13. The molecule has 2 rings (SSSR count). The van der Waals surface area contributed by atoms with Crippen molar-refractivity contribution in [3.05, 3.63) is 64.2 Å². The van der Waals surface area contributed by atoms with Gasteiger partial charge >= 0.3 is 0 Å². The highest BCUT2D eigenvalue weighted by atomic mass is 79.9. The molecule has 112 valence electrons. The second-order valence-electron chi connectivity index (χ2n) is 6.12. The zero-order valence-electron chi connectivity index (χ0n) is 12.8. The molecule has 0 aromatic heterocycles. The topological polar surface area (TPSA) is 9.23 Å². The molecule has 0 saturated carbocycles. The minimum absolute atomic E-state index is 0.0740. The van der Waals surface area contributed by atoms with Crippen LogP contribution in [-0.4, -0.2) is 7.11 Å². The summed E-state index contributed by atoms with van der Waals surface area (Å²) in [6, 6.07) is 14.4. The SMILES string of the molecule is COc1ccc(C(Br)c2ccc(C(C)(C)C)cc2)c(Cl)c1. The average Bonchev–Trinajstić information content (AvgIpc) is 2.45. The quantitative estimate of drug-likeness (QED) is 0.593. The molecule has 0 bridgehead atoms. The highest BCUT2D eigenvalue weighted by molar-refractivity contribution is 9.09. The van der Waals surface area contributed by atoms with Crippen LogP contribution in [-0.2, 0) is 5.41 Å². The molecule has 0 fully saturated rings. The molecule has 0 aliphatic rings. The normalized spacial score (nSPS) is 13.0. The van der Waals surface area contributed by atoms with Crippen molar-refractivity contribution in [2.75, 3.05) is 7.11 Å². The first-order chi connectivity index (χ1) is 9.82. The third-order valence-corrected chi connectivity index (χ3v) is 4.90. The maximum atomic E-state index is 6.35. The van der Waals surface area contributed by atoms with Gasteiger partial charge < -0.3 is 4.74 Å². The van der Waals surface area contributed by atoms with Crippen molar-refractivity contribution in [1.29, 1.82) is 0 Å². The molecular weight excluding hydrogens is 348 g/mol. The van der Waals surface area contributed by atoms with Gasteiger partial charge in [-0.15, -0.1) is 0 Å². The Labute approximate surface area is 140 Å². The molecule has 0 radical (unpaired) electrons. The van der Waals surface area contributed by atoms with Gasteiger partial charge in [-0.25, -0.2) is 0 Å². The summed E-state index contributed by atoms with van der Waals surface area (Å²) in [6.45, 7) is 6.65. The first-order valence-electron chi connectivity index (χ1n) is 6.91. The molecule has 0 saturated heterocycles. The largest absolute Gasteiger partial charge is 0.497 e. The van der Waals surface area contributed by atoms with Gasteiger partial charge in [0, 0.05) is 5.02 Å². The summed E-state index contributed by atoms with van der Waals surface area (Å²) >= 11 is 10.1. The summed E-state index contributed by atoms with van der Waals surface area (Å²) in [6.07, 6.45) is 0. The molecular formula is C18H20BrClO. The summed E-state index contributed by atoms with van der Waals surface area (Å²) in [4.78, 5) is 0.0740. The Morgan fingerprint density at radius 3 is 2.14 bits per heavy atom. The van der Waals surface area contributed by atoms with E-state index in [1.54, 1.807) is 7.11 Å². The van der Waals surface area contributed by atoms with Crippen LogP contribution in [0.2, 0.25) is 5.02 Å². The van der Waals surface area contributed by atoms with Gasteiger partial charge in [0.25, 0.3) is 0 Å². The minimum atomic E-state index is 0.0740. The number of hydrogen-bond acceptors (Lipinski definition) is 1. The fourth-order valence-electron chi connectivity index (χ4n) is 2.17. The first kappa shape index (κ1) is 16.4. The Bertz CT molecular complexity index is 614. The molecule has 0 spiro atoms. The van der Waals surface area contributed by atoms with Crippen molar-refractivity contribution in [3.63, 3.8) is 0 Å². The molecule has 0 aliphatic heterocycles. The van der Waals surface area contributed by atoms with E-state index in [0.29, 0.717) is 5.02 Å². The second-order valence-corrected chi connectivity index (χ2v) is 7.44. The van der Waals surface area contributed by atoms with E-state index >= 15 is 0 Å². The van der Waals surface area contributed by atoms with Gasteiger partial charge in [0.15, 0.2) is 0 Å². The Balaban J connectivity index is 2.30. The van der Waals surface area contributed by atoms with Crippen LogP contribution in [0.3, 0.4) is 0 Å². The smallest absolute Gasteiger partial charge is 0.120 e. The van der Waals surface area contributed by atoms with Crippen LogP contribution in [0.1, 0.15) is 42.3 Å². The maximum absolute atomic E-state index is 6.35. The average molecular weight is 368 g/mol. The standard InChI is InChI=1S/C18H20BrClO/c1-18(2,3)13-7-5-12(6-8-13)17(19)15-10-9-14(21-4)11-16(15)20/h5-11,17H,1-4H3. The second kappa shape index (κ2) is 6.41. The van der Waals surface area contributed by atoms with Crippen LogP contribution in [0.4, 0.5) is 0 Å². The molecule has 0 amide bonds. The fourth-order valence-corrected chi connectivity index (χ4v) is 3.29. The summed E-state index contributed by atoms with van der Waals surface area (Å²) in [5.41, 5.74) is 3.72. The highest BCUT2D eigenvalue weighted by Crippen LogP contribution is 2.37. The number of methoxy groups -OCH3 is 1. The van der Waals surface area contributed by atoms with E-state index in [1.165, 1.54) is 11.1 Å². The molecule has 1 nitrogen and oxygen atoms in total. The summed E-state index contributed by atoms with van der Waals surface area (Å²) in [5, 5.41) is 0.705. The Kier molecular flexibility index (Phi) is 5.00. The van der Waals surface area contributed by atoms with Gasteiger partial charge in [-0.1, -0.05) is 78.6 Å². The lowest BCUT2D eigenvalue weighted by atomic mass is 9.86. The molecule has 0 N–H and O–H groups in total. The van der Waals surface area contributed by atoms with E-state index < -0.39 is 0 Å². The number of hydrogen-bond donors (Lipinski definition) is 0. The van der Waals surface area contributed by atoms with Crippen molar-refractivity contribution in [2.24, 2.45) is 0 Å². The van der Waals surface area contributed by atoms with E-state index in [2.05, 4.69) is 61.0 Å². The van der Waals surface area contributed by atoms with Gasteiger partial charge in [0.05, 0.1) is 11.9 Å². The van der Waals surface area contributed by atoms with Gasteiger partial charge in [-0.2, -0.15) is 0 Å². The maximum Gasteiger partial charge on any atom is 0.120 e. The minimum Gasteiger partial charge on any atom is -0.497 e. The lowest BCUT2D eigenvalue weighted by molar-refractivity contribution is 0.414. The molecule has 1 unspecified atom stereocenters. The van der Waals surface area contributed by atoms with Crippen molar-refractivity contribution in [3.8, 4) is 5.75 Å². The highest BCUT2D eigenvalue weighted by Gasteiger charge is 2.17. The molecule has 3 heteroatoms. The van der Waals surface area contributed by atoms with Crippen LogP contribution < -0.4 is 4.74 Å². The van der Waals surface area contributed by atoms with Gasteiger partial charge in [-0.05, 0) is 34.2 Å². The van der Waals surface area contributed by atoms with E-state index in [4.69, 9.17) is 16.3 Å². The number of benzene rings is 2. The van der Waals surface area contributed by atoms with E-state index in [0.717, 1.165) is 11.3 Å². The molecule has 0 aliphatic carbocycles.